The van der Waals surface area contributed by atoms with Crippen LogP contribution in [-0.4, -0.2) is 57.5 Å². The number of ether oxygens (including phenoxy) is 3. The molecule has 0 saturated heterocycles. The number of methoxy groups -OCH3 is 2. The minimum Gasteiger partial charge on any atom is -0.479 e. The summed E-state index contributed by atoms with van der Waals surface area (Å²) in [6, 6.07) is 12.0. The van der Waals surface area contributed by atoms with Crippen molar-refractivity contribution in [3.8, 4) is 5.75 Å². The molecule has 2 aromatic carbocycles. The lowest BCUT2D eigenvalue weighted by molar-refractivity contribution is -0.237. The second kappa shape index (κ2) is 9.14. The molecule has 1 aliphatic heterocycles. The monoisotopic (exact) mass is 474 g/mol. The molecular weight excluding hydrogens is 448 g/mol. The van der Waals surface area contributed by atoms with Gasteiger partial charge in [-0.15, -0.1) is 10.2 Å². The fraction of sp³-hybridized carbons (Fsp3) is 0.409. The van der Waals surface area contributed by atoms with Crippen molar-refractivity contribution in [2.75, 3.05) is 24.9 Å². The van der Waals surface area contributed by atoms with Gasteiger partial charge in [-0.25, -0.2) is 0 Å². The number of hydrogen-bond acceptors (Lipinski definition) is 9. The average Bonchev–Trinajstić information content (AvgIpc) is 3.20. The van der Waals surface area contributed by atoms with Crippen LogP contribution in [0.2, 0.25) is 5.02 Å². The first-order valence-corrected chi connectivity index (χ1v) is 10.7. The number of rotatable bonds is 7. The number of nitrogens with zero attached hydrogens (tertiary/aromatic N) is 5. The van der Waals surface area contributed by atoms with E-state index < -0.39 is 24.0 Å². The predicted molar refractivity (Wildman–Crippen MR) is 123 cm³/mol. The summed E-state index contributed by atoms with van der Waals surface area (Å²) in [6.07, 6.45) is -1.98. The zero-order chi connectivity index (χ0) is 23.8. The number of aliphatic hydroxyl groups is 1. The number of anilines is 2. The molecule has 0 unspecified atom stereocenters. The zero-order valence-electron chi connectivity index (χ0n) is 18.8. The van der Waals surface area contributed by atoms with Crippen molar-refractivity contribution >= 4 is 23.0 Å². The van der Waals surface area contributed by atoms with Gasteiger partial charge in [0.2, 0.25) is 0 Å². The third-order valence-corrected chi connectivity index (χ3v) is 6.14. The normalized spacial score (nSPS) is 22.2. The van der Waals surface area contributed by atoms with E-state index in [1.165, 1.54) is 19.0 Å². The summed E-state index contributed by atoms with van der Waals surface area (Å²) >= 11 is 6.61. The molecular formula is C22H27ClN6O4. The zero-order valence-corrected chi connectivity index (χ0v) is 19.6. The molecule has 11 heteroatoms. The van der Waals surface area contributed by atoms with Crippen LogP contribution in [-0.2, 0) is 23.1 Å². The van der Waals surface area contributed by atoms with Crippen LogP contribution in [0.15, 0.2) is 42.5 Å². The Bertz CT molecular complexity index is 1120. The number of para-hydroxylation sites is 1. The second-order valence-electron chi connectivity index (χ2n) is 8.05. The van der Waals surface area contributed by atoms with Crippen molar-refractivity contribution in [3.05, 3.63) is 58.9 Å². The topological polar surface area (TPSA) is 121 Å². The number of hydrogen-bond donors (Lipinski definition) is 2. The van der Waals surface area contributed by atoms with Gasteiger partial charge in [0.1, 0.15) is 11.9 Å². The highest BCUT2D eigenvalue weighted by molar-refractivity contribution is 6.33. The van der Waals surface area contributed by atoms with E-state index in [4.69, 9.17) is 31.5 Å². The largest absolute Gasteiger partial charge is 0.479 e. The fourth-order valence-corrected chi connectivity index (χ4v) is 4.56. The first kappa shape index (κ1) is 23.2. The molecule has 0 bridgehead atoms. The van der Waals surface area contributed by atoms with Crippen molar-refractivity contribution in [3.63, 3.8) is 0 Å². The summed E-state index contributed by atoms with van der Waals surface area (Å²) in [4.78, 5) is 3.30. The maximum atomic E-state index is 11.8. The SMILES string of the molecule is COC(OC)[C@@]1(C)Oc2ccc(N)cc2[C@H](N(Cc2nnn(C)n2)c2ccccc2Cl)[C@H]1O. The molecule has 0 fully saturated rings. The van der Waals surface area contributed by atoms with Gasteiger partial charge in [-0.1, -0.05) is 23.7 Å². The van der Waals surface area contributed by atoms with Crippen molar-refractivity contribution < 1.29 is 19.3 Å². The van der Waals surface area contributed by atoms with Crippen LogP contribution in [0.4, 0.5) is 11.4 Å². The fourth-order valence-electron chi connectivity index (χ4n) is 4.32. The number of nitrogens with two attached hydrogens (primary N) is 1. The highest BCUT2D eigenvalue weighted by Gasteiger charge is 2.54. The molecule has 0 amide bonds. The number of fused-ring (bicyclic) bond motifs is 1. The van der Waals surface area contributed by atoms with E-state index in [-0.39, 0.29) is 6.54 Å². The second-order valence-corrected chi connectivity index (χ2v) is 8.46. The van der Waals surface area contributed by atoms with Gasteiger partial charge in [0.25, 0.3) is 0 Å². The maximum Gasteiger partial charge on any atom is 0.199 e. The number of aryl methyl sites for hydroxylation is 1. The van der Waals surface area contributed by atoms with E-state index in [1.807, 2.05) is 23.1 Å². The van der Waals surface area contributed by atoms with Crippen molar-refractivity contribution in [1.29, 1.82) is 0 Å². The highest BCUT2D eigenvalue weighted by atomic mass is 35.5. The smallest absolute Gasteiger partial charge is 0.199 e. The number of tetrazole rings is 1. The molecule has 3 N–H and O–H groups in total. The first-order chi connectivity index (χ1) is 15.8. The van der Waals surface area contributed by atoms with Gasteiger partial charge in [-0.05, 0) is 42.5 Å². The van der Waals surface area contributed by atoms with Crippen molar-refractivity contribution in [1.82, 2.24) is 20.2 Å². The number of aliphatic hydroxyl groups excluding tert-OH is 1. The van der Waals surface area contributed by atoms with E-state index in [0.717, 1.165) is 0 Å². The average molecular weight is 475 g/mol. The number of benzene rings is 2. The Labute approximate surface area is 196 Å². The molecule has 4 rings (SSSR count). The molecule has 0 spiro atoms. The van der Waals surface area contributed by atoms with E-state index in [0.29, 0.717) is 33.5 Å². The van der Waals surface area contributed by atoms with Crippen LogP contribution in [0.3, 0.4) is 0 Å². The number of halogens is 1. The molecule has 176 valence electrons. The highest BCUT2D eigenvalue weighted by Crippen LogP contribution is 2.48. The molecule has 0 saturated carbocycles. The van der Waals surface area contributed by atoms with E-state index in [2.05, 4.69) is 15.4 Å². The van der Waals surface area contributed by atoms with Crippen LogP contribution in [0.25, 0.3) is 0 Å². The summed E-state index contributed by atoms with van der Waals surface area (Å²) < 4.78 is 17.3. The Morgan fingerprint density at radius 3 is 2.64 bits per heavy atom. The maximum absolute atomic E-state index is 11.8. The Morgan fingerprint density at radius 2 is 2.00 bits per heavy atom. The number of aromatic nitrogens is 4. The van der Waals surface area contributed by atoms with Gasteiger partial charge in [0.15, 0.2) is 17.7 Å². The van der Waals surface area contributed by atoms with Gasteiger partial charge < -0.3 is 30.0 Å². The first-order valence-electron chi connectivity index (χ1n) is 10.3. The van der Waals surface area contributed by atoms with Gasteiger partial charge in [0, 0.05) is 25.5 Å². The molecule has 3 aromatic rings. The Kier molecular flexibility index (Phi) is 6.44. The summed E-state index contributed by atoms with van der Waals surface area (Å²) in [5, 5.41) is 24.7. The lowest BCUT2D eigenvalue weighted by Crippen LogP contribution is -2.62. The van der Waals surface area contributed by atoms with Crippen molar-refractivity contribution in [2.24, 2.45) is 7.05 Å². The van der Waals surface area contributed by atoms with Crippen LogP contribution in [0.1, 0.15) is 24.4 Å². The lowest BCUT2D eigenvalue weighted by Gasteiger charge is -2.50. The van der Waals surface area contributed by atoms with E-state index >= 15 is 0 Å². The summed E-state index contributed by atoms with van der Waals surface area (Å²) in [5.74, 6) is 1.00. The molecule has 3 atom stereocenters. The van der Waals surface area contributed by atoms with Gasteiger partial charge in [-0.3, -0.25) is 0 Å². The summed E-state index contributed by atoms with van der Waals surface area (Å²) in [5.41, 5.74) is 6.77. The van der Waals surface area contributed by atoms with Gasteiger partial charge in [-0.2, -0.15) is 4.80 Å². The van der Waals surface area contributed by atoms with Crippen LogP contribution in [0.5, 0.6) is 5.75 Å². The third-order valence-electron chi connectivity index (χ3n) is 5.82. The summed E-state index contributed by atoms with van der Waals surface area (Å²) in [6.45, 7) is 1.96. The predicted octanol–water partition coefficient (Wildman–Crippen LogP) is 2.32. The van der Waals surface area contributed by atoms with E-state index in [1.54, 1.807) is 38.2 Å². The molecule has 0 aliphatic carbocycles. The molecule has 1 aliphatic rings. The third kappa shape index (κ3) is 4.22. The van der Waals surface area contributed by atoms with Gasteiger partial charge >= 0.3 is 0 Å². The minimum absolute atomic E-state index is 0.217. The standard InChI is InChI=1S/C22H27ClN6O4/c1-22(21(31-3)32-4)20(30)19(14-11-13(24)9-10-17(14)33-22)29(12-18-25-27-28(2)26-18)16-8-6-5-7-15(16)23/h5-11,19-21,30H,12,24H2,1-4H3/t19-,20+,22-/m0/s1. The van der Waals surface area contributed by atoms with Crippen LogP contribution < -0.4 is 15.4 Å². The molecule has 2 heterocycles. The molecule has 33 heavy (non-hydrogen) atoms. The minimum atomic E-state index is -1.26. The lowest BCUT2D eigenvalue weighted by atomic mass is 9.83. The van der Waals surface area contributed by atoms with Gasteiger partial charge in [0.05, 0.1) is 30.3 Å². The number of nitrogen functional groups attached to an aromatic ring is 1. The molecule has 0 radical (unpaired) electrons. The molecule has 1 aromatic heterocycles. The summed E-state index contributed by atoms with van der Waals surface area (Å²) in [7, 11) is 4.69. The van der Waals surface area contributed by atoms with E-state index in [9.17, 15) is 5.11 Å². The Morgan fingerprint density at radius 1 is 1.27 bits per heavy atom. The molecule has 10 nitrogen and oxygen atoms in total. The Hall–Kier alpha value is -2.92. The van der Waals surface area contributed by atoms with Crippen LogP contribution >= 0.6 is 11.6 Å². The quantitative estimate of drug-likeness (QED) is 0.392. The Balaban J connectivity index is 1.91. The van der Waals surface area contributed by atoms with Crippen LogP contribution in [0, 0.1) is 0 Å². The van der Waals surface area contributed by atoms with Crippen molar-refractivity contribution in [2.45, 2.75) is 37.5 Å².